The summed E-state index contributed by atoms with van der Waals surface area (Å²) >= 11 is 0.714. The van der Waals surface area contributed by atoms with Crippen LogP contribution in [0.25, 0.3) is 6.08 Å². The van der Waals surface area contributed by atoms with Crippen LogP contribution < -0.4 is 20.9 Å². The van der Waals surface area contributed by atoms with Gasteiger partial charge in [0.25, 0.3) is 17.1 Å². The maximum atomic E-state index is 12.2. The molecule has 1 fully saturated rings. The van der Waals surface area contributed by atoms with Gasteiger partial charge in [0.1, 0.15) is 6.54 Å². The van der Waals surface area contributed by atoms with Crippen LogP contribution in [0, 0.1) is 0 Å². The summed E-state index contributed by atoms with van der Waals surface area (Å²) in [4.78, 5) is 46.8. The first-order valence-electron chi connectivity index (χ1n) is 7.53. The van der Waals surface area contributed by atoms with Crippen LogP contribution in [0.5, 0.6) is 11.5 Å². The lowest BCUT2D eigenvalue weighted by molar-refractivity contribution is -0.127. The van der Waals surface area contributed by atoms with Crippen LogP contribution in [0.1, 0.15) is 12.5 Å². The molecule has 4 N–H and O–H groups in total. The molecule has 138 valence electrons. The van der Waals surface area contributed by atoms with Crippen molar-refractivity contribution in [2.24, 2.45) is 11.5 Å². The Hall–Kier alpha value is -3.01. The number of carbonyl (C=O) groups excluding carboxylic acids is 4. The maximum absolute atomic E-state index is 12.2. The highest BCUT2D eigenvalue weighted by Gasteiger charge is 2.35. The lowest BCUT2D eigenvalue weighted by Gasteiger charge is -2.11. The predicted octanol–water partition coefficient (Wildman–Crippen LogP) is 0.471. The fourth-order valence-electron chi connectivity index (χ4n) is 2.09. The van der Waals surface area contributed by atoms with E-state index in [9.17, 15) is 19.2 Å². The number of nitrogens with zero attached hydrogens (tertiary/aromatic N) is 1. The molecule has 26 heavy (non-hydrogen) atoms. The summed E-state index contributed by atoms with van der Waals surface area (Å²) in [5.41, 5.74) is 10.7. The van der Waals surface area contributed by atoms with Gasteiger partial charge in [0, 0.05) is 0 Å². The van der Waals surface area contributed by atoms with Crippen molar-refractivity contribution < 1.29 is 28.7 Å². The van der Waals surface area contributed by atoms with E-state index in [-0.39, 0.29) is 11.5 Å². The van der Waals surface area contributed by atoms with Crippen molar-refractivity contribution in [1.82, 2.24) is 4.90 Å². The van der Waals surface area contributed by atoms with E-state index in [1.165, 1.54) is 6.08 Å². The molecule has 1 heterocycles. The van der Waals surface area contributed by atoms with Gasteiger partial charge in [-0.2, -0.15) is 0 Å². The Kier molecular flexibility index (Phi) is 6.23. The Morgan fingerprint density at radius 2 is 1.88 bits per heavy atom. The molecule has 0 saturated carbocycles. The Labute approximate surface area is 153 Å². The van der Waals surface area contributed by atoms with Crippen LogP contribution in [-0.4, -0.2) is 47.6 Å². The molecule has 0 bridgehead atoms. The van der Waals surface area contributed by atoms with Crippen LogP contribution in [-0.2, 0) is 14.4 Å². The molecule has 0 atom stereocenters. The highest BCUT2D eigenvalue weighted by molar-refractivity contribution is 8.18. The second-order valence-corrected chi connectivity index (χ2v) is 6.12. The molecule has 2 rings (SSSR count). The zero-order chi connectivity index (χ0) is 19.3. The number of imide groups is 1. The molecular weight excluding hydrogens is 362 g/mol. The molecule has 4 amide bonds. The van der Waals surface area contributed by atoms with Crippen molar-refractivity contribution in [3.63, 3.8) is 0 Å². The molecule has 1 saturated heterocycles. The number of hydrogen-bond acceptors (Lipinski definition) is 7. The minimum Gasteiger partial charge on any atom is -0.490 e. The molecular formula is C16H17N3O6S. The normalized spacial score (nSPS) is 15.4. The second-order valence-electron chi connectivity index (χ2n) is 5.13. The van der Waals surface area contributed by atoms with Gasteiger partial charge in [-0.25, -0.2) is 0 Å². The van der Waals surface area contributed by atoms with Gasteiger partial charge in [-0.05, 0) is 42.5 Å². The van der Waals surface area contributed by atoms with Crippen molar-refractivity contribution in [2.75, 3.05) is 19.8 Å². The number of thioether (sulfide) groups is 1. The largest absolute Gasteiger partial charge is 0.490 e. The van der Waals surface area contributed by atoms with E-state index in [4.69, 9.17) is 20.9 Å². The van der Waals surface area contributed by atoms with Gasteiger partial charge in [0.15, 0.2) is 18.1 Å². The van der Waals surface area contributed by atoms with Gasteiger partial charge in [-0.1, -0.05) is 6.07 Å². The monoisotopic (exact) mass is 379 g/mol. The summed E-state index contributed by atoms with van der Waals surface area (Å²) in [5, 5.41) is -0.563. The summed E-state index contributed by atoms with van der Waals surface area (Å²) in [6.07, 6.45) is 1.49. The fraction of sp³-hybridized carbons (Fsp3) is 0.250. The van der Waals surface area contributed by atoms with Gasteiger partial charge in [0.05, 0.1) is 11.5 Å². The molecule has 0 unspecified atom stereocenters. The SMILES string of the molecule is CCOc1cc(/C=C2\SC(=O)N(CC(N)=O)C2=O)ccc1OCC(N)=O. The van der Waals surface area contributed by atoms with Gasteiger partial charge < -0.3 is 20.9 Å². The number of primary amides is 2. The van der Waals surface area contributed by atoms with Crippen molar-refractivity contribution in [2.45, 2.75) is 6.92 Å². The Bertz CT molecular complexity index is 792. The lowest BCUT2D eigenvalue weighted by atomic mass is 10.2. The van der Waals surface area contributed by atoms with Crippen LogP contribution in [0.15, 0.2) is 23.1 Å². The van der Waals surface area contributed by atoms with E-state index in [1.54, 1.807) is 25.1 Å². The van der Waals surface area contributed by atoms with Crippen LogP contribution in [0.3, 0.4) is 0 Å². The van der Waals surface area contributed by atoms with Gasteiger partial charge in [-0.3, -0.25) is 24.1 Å². The first-order chi connectivity index (χ1) is 12.3. The van der Waals surface area contributed by atoms with E-state index in [0.717, 1.165) is 4.90 Å². The number of nitrogens with two attached hydrogens (primary N) is 2. The summed E-state index contributed by atoms with van der Waals surface area (Å²) in [6.45, 7) is 1.36. The minimum atomic E-state index is -0.775. The molecule has 0 radical (unpaired) electrons. The summed E-state index contributed by atoms with van der Waals surface area (Å²) in [6, 6.07) is 4.79. The van der Waals surface area contributed by atoms with E-state index in [2.05, 4.69) is 0 Å². The predicted molar refractivity (Wildman–Crippen MR) is 94.2 cm³/mol. The quantitative estimate of drug-likeness (QED) is 0.625. The molecule has 0 spiro atoms. The highest BCUT2D eigenvalue weighted by atomic mass is 32.2. The minimum absolute atomic E-state index is 0.157. The average molecular weight is 379 g/mol. The van der Waals surface area contributed by atoms with E-state index in [1.807, 2.05) is 0 Å². The topological polar surface area (TPSA) is 142 Å². The number of amides is 4. The first-order valence-corrected chi connectivity index (χ1v) is 8.35. The fourth-order valence-corrected chi connectivity index (χ4v) is 2.93. The molecule has 1 aromatic carbocycles. The molecule has 0 aliphatic carbocycles. The standard InChI is InChI=1S/C16H17N3O6S/c1-2-24-11-5-9(3-4-10(11)25-8-14(18)21)6-12-15(22)19(7-13(17)20)16(23)26-12/h3-6H,2,7-8H2,1H3,(H2,17,20)(H2,18,21)/b12-6-. The number of hydrogen-bond donors (Lipinski definition) is 2. The van der Waals surface area contributed by atoms with E-state index in [0.29, 0.717) is 35.4 Å². The Morgan fingerprint density at radius 3 is 2.50 bits per heavy atom. The number of carbonyl (C=O) groups is 4. The highest BCUT2D eigenvalue weighted by Crippen LogP contribution is 2.34. The molecule has 1 aromatic rings. The molecule has 10 heteroatoms. The van der Waals surface area contributed by atoms with E-state index >= 15 is 0 Å². The smallest absolute Gasteiger partial charge is 0.294 e. The van der Waals surface area contributed by atoms with Crippen LogP contribution >= 0.6 is 11.8 Å². The van der Waals surface area contributed by atoms with Crippen LogP contribution in [0.2, 0.25) is 0 Å². The van der Waals surface area contributed by atoms with Crippen molar-refractivity contribution in [3.8, 4) is 11.5 Å². The number of benzene rings is 1. The number of ether oxygens (including phenoxy) is 2. The van der Waals surface area contributed by atoms with E-state index < -0.39 is 29.5 Å². The van der Waals surface area contributed by atoms with Crippen molar-refractivity contribution in [3.05, 3.63) is 28.7 Å². The van der Waals surface area contributed by atoms with Crippen molar-refractivity contribution in [1.29, 1.82) is 0 Å². The van der Waals surface area contributed by atoms with Crippen molar-refractivity contribution >= 4 is 40.8 Å². The summed E-state index contributed by atoms with van der Waals surface area (Å²) in [7, 11) is 0. The third-order valence-electron chi connectivity index (χ3n) is 3.12. The van der Waals surface area contributed by atoms with Gasteiger partial charge >= 0.3 is 0 Å². The second kappa shape index (κ2) is 8.39. The average Bonchev–Trinajstić information content (AvgIpc) is 2.81. The maximum Gasteiger partial charge on any atom is 0.294 e. The molecule has 1 aliphatic rings. The molecule has 1 aliphatic heterocycles. The Balaban J connectivity index is 2.25. The van der Waals surface area contributed by atoms with Gasteiger partial charge in [-0.15, -0.1) is 0 Å². The molecule has 9 nitrogen and oxygen atoms in total. The van der Waals surface area contributed by atoms with Gasteiger partial charge in [0.2, 0.25) is 5.91 Å². The number of rotatable bonds is 8. The summed E-state index contributed by atoms with van der Waals surface area (Å²) < 4.78 is 10.7. The third-order valence-corrected chi connectivity index (χ3v) is 4.03. The molecule has 0 aromatic heterocycles. The zero-order valence-corrected chi connectivity index (χ0v) is 14.7. The summed E-state index contributed by atoms with van der Waals surface area (Å²) in [5.74, 6) is -1.31. The lowest BCUT2D eigenvalue weighted by Crippen LogP contribution is -2.36. The first kappa shape index (κ1) is 19.3. The van der Waals surface area contributed by atoms with Crippen LogP contribution in [0.4, 0.5) is 4.79 Å². The zero-order valence-electron chi connectivity index (χ0n) is 13.9. The Morgan fingerprint density at radius 1 is 1.15 bits per heavy atom. The third kappa shape index (κ3) is 4.76.